The molecular formula is C24H21ClO4. The van der Waals surface area contributed by atoms with Crippen molar-refractivity contribution in [2.45, 2.75) is 20.5 Å². The number of ether oxygens (including phenoxy) is 2. The van der Waals surface area contributed by atoms with Gasteiger partial charge in [-0.25, -0.2) is 4.79 Å². The summed E-state index contributed by atoms with van der Waals surface area (Å²) in [7, 11) is 0. The van der Waals surface area contributed by atoms with Crippen LogP contribution < -0.4 is 4.74 Å². The van der Waals surface area contributed by atoms with Crippen molar-refractivity contribution in [3.8, 4) is 5.75 Å². The summed E-state index contributed by atoms with van der Waals surface area (Å²) in [4.78, 5) is 25.0. The molecule has 0 bridgehead atoms. The van der Waals surface area contributed by atoms with Crippen LogP contribution in [-0.2, 0) is 11.3 Å². The number of aryl methyl sites for hydroxylation is 2. The number of halogens is 1. The molecule has 0 unspecified atom stereocenters. The van der Waals surface area contributed by atoms with Crippen LogP contribution in [-0.4, -0.2) is 18.4 Å². The van der Waals surface area contributed by atoms with Crippen molar-refractivity contribution >= 4 is 23.4 Å². The van der Waals surface area contributed by atoms with E-state index < -0.39 is 5.97 Å². The van der Waals surface area contributed by atoms with Gasteiger partial charge in [-0.1, -0.05) is 53.6 Å². The van der Waals surface area contributed by atoms with Crippen LogP contribution in [0.5, 0.6) is 5.75 Å². The van der Waals surface area contributed by atoms with E-state index in [1.807, 2.05) is 38.1 Å². The molecule has 0 spiro atoms. The Morgan fingerprint density at radius 3 is 2.38 bits per heavy atom. The van der Waals surface area contributed by atoms with Crippen molar-refractivity contribution in [3.05, 3.63) is 99.6 Å². The second-order valence-corrected chi connectivity index (χ2v) is 7.17. The highest BCUT2D eigenvalue weighted by Crippen LogP contribution is 2.21. The molecule has 0 atom stereocenters. The maximum Gasteiger partial charge on any atom is 0.342 e. The fourth-order valence-electron chi connectivity index (χ4n) is 2.83. The number of Topliss-reactive ketones (excluding diaryl/α,β-unsaturated/α-hetero) is 1. The van der Waals surface area contributed by atoms with Crippen LogP contribution in [0.2, 0.25) is 5.02 Å². The molecule has 29 heavy (non-hydrogen) atoms. The average molecular weight is 409 g/mol. The SMILES string of the molecule is Cc1ccc(C)c(C(=O)COC(=O)c2ccccc2OCc2ccc(Cl)cc2)c1. The van der Waals surface area contributed by atoms with Crippen molar-refractivity contribution in [1.82, 2.24) is 0 Å². The molecule has 0 aromatic heterocycles. The molecule has 0 N–H and O–H groups in total. The molecule has 3 aromatic carbocycles. The Labute approximate surface area is 175 Å². The van der Waals surface area contributed by atoms with Gasteiger partial charge < -0.3 is 9.47 Å². The van der Waals surface area contributed by atoms with Gasteiger partial charge in [0.05, 0.1) is 0 Å². The smallest absolute Gasteiger partial charge is 0.342 e. The third-order valence-corrected chi connectivity index (χ3v) is 4.69. The lowest BCUT2D eigenvalue weighted by molar-refractivity contribution is 0.0470. The van der Waals surface area contributed by atoms with Gasteiger partial charge in [-0.15, -0.1) is 0 Å². The van der Waals surface area contributed by atoms with Crippen LogP contribution in [0.4, 0.5) is 0 Å². The molecule has 0 saturated carbocycles. The predicted octanol–water partition coefficient (Wildman–Crippen LogP) is 5.58. The van der Waals surface area contributed by atoms with Crippen LogP contribution in [0.25, 0.3) is 0 Å². The summed E-state index contributed by atoms with van der Waals surface area (Å²) in [6.07, 6.45) is 0. The molecule has 0 amide bonds. The fraction of sp³-hybridized carbons (Fsp3) is 0.167. The average Bonchev–Trinajstić information content (AvgIpc) is 2.73. The fourth-order valence-corrected chi connectivity index (χ4v) is 2.95. The maximum absolute atomic E-state index is 12.5. The van der Waals surface area contributed by atoms with E-state index in [9.17, 15) is 9.59 Å². The largest absolute Gasteiger partial charge is 0.488 e. The van der Waals surface area contributed by atoms with E-state index in [1.54, 1.807) is 42.5 Å². The number of benzene rings is 3. The molecule has 0 aliphatic heterocycles. The Morgan fingerprint density at radius 2 is 1.62 bits per heavy atom. The van der Waals surface area contributed by atoms with E-state index in [-0.39, 0.29) is 24.6 Å². The van der Waals surface area contributed by atoms with Crippen LogP contribution >= 0.6 is 11.6 Å². The topological polar surface area (TPSA) is 52.6 Å². The molecule has 5 heteroatoms. The third-order valence-electron chi connectivity index (χ3n) is 4.44. The minimum Gasteiger partial charge on any atom is -0.488 e. The predicted molar refractivity (Wildman–Crippen MR) is 113 cm³/mol. The number of para-hydroxylation sites is 1. The summed E-state index contributed by atoms with van der Waals surface area (Å²) in [5.41, 5.74) is 3.58. The maximum atomic E-state index is 12.5. The Balaban J connectivity index is 1.65. The second-order valence-electron chi connectivity index (χ2n) is 6.73. The number of carbonyl (C=O) groups is 2. The zero-order valence-electron chi connectivity index (χ0n) is 16.3. The lowest BCUT2D eigenvalue weighted by atomic mass is 10.0. The van der Waals surface area contributed by atoms with Crippen LogP contribution in [0.1, 0.15) is 37.4 Å². The van der Waals surface area contributed by atoms with E-state index >= 15 is 0 Å². The van der Waals surface area contributed by atoms with Gasteiger partial charge in [-0.2, -0.15) is 0 Å². The number of carbonyl (C=O) groups excluding carboxylic acids is 2. The van der Waals surface area contributed by atoms with E-state index in [4.69, 9.17) is 21.1 Å². The number of rotatable bonds is 7. The standard InChI is InChI=1S/C24H21ClO4/c1-16-7-8-17(2)21(13-16)22(26)15-29-24(27)20-5-3-4-6-23(20)28-14-18-9-11-19(25)12-10-18/h3-13H,14-15H2,1-2H3. The second kappa shape index (κ2) is 9.39. The molecule has 3 aromatic rings. The van der Waals surface area contributed by atoms with Crippen LogP contribution in [0.15, 0.2) is 66.7 Å². The summed E-state index contributed by atoms with van der Waals surface area (Å²) in [6, 6.07) is 19.7. The molecule has 4 nitrogen and oxygen atoms in total. The number of hydrogen-bond donors (Lipinski definition) is 0. The zero-order chi connectivity index (χ0) is 20.8. The van der Waals surface area contributed by atoms with Crippen LogP contribution in [0.3, 0.4) is 0 Å². The Bertz CT molecular complexity index is 1030. The minimum atomic E-state index is -0.602. The normalized spacial score (nSPS) is 10.4. The van der Waals surface area contributed by atoms with Gasteiger partial charge >= 0.3 is 5.97 Å². The van der Waals surface area contributed by atoms with Gasteiger partial charge in [0.2, 0.25) is 5.78 Å². The van der Waals surface area contributed by atoms with Crippen molar-refractivity contribution in [3.63, 3.8) is 0 Å². The monoisotopic (exact) mass is 408 g/mol. The van der Waals surface area contributed by atoms with Gasteiger partial charge in [0.1, 0.15) is 17.9 Å². The summed E-state index contributed by atoms with van der Waals surface area (Å²) in [5, 5.41) is 0.645. The van der Waals surface area contributed by atoms with Gasteiger partial charge in [-0.05, 0) is 55.3 Å². The van der Waals surface area contributed by atoms with Crippen molar-refractivity contribution in [2.24, 2.45) is 0 Å². The molecule has 0 aliphatic rings. The highest BCUT2D eigenvalue weighted by Gasteiger charge is 2.17. The minimum absolute atomic E-state index is 0.237. The third kappa shape index (κ3) is 5.46. The summed E-state index contributed by atoms with van der Waals surface area (Å²) >= 11 is 5.89. The highest BCUT2D eigenvalue weighted by molar-refractivity contribution is 6.30. The summed E-state index contributed by atoms with van der Waals surface area (Å²) in [6.45, 7) is 3.72. The van der Waals surface area contributed by atoms with Crippen molar-refractivity contribution < 1.29 is 19.1 Å². The van der Waals surface area contributed by atoms with E-state index in [2.05, 4.69) is 0 Å². The first-order valence-electron chi connectivity index (χ1n) is 9.18. The number of esters is 1. The molecular weight excluding hydrogens is 388 g/mol. The molecule has 0 heterocycles. The molecule has 0 radical (unpaired) electrons. The quantitative estimate of drug-likeness (QED) is 0.378. The Hall–Kier alpha value is -3.11. The number of hydrogen-bond acceptors (Lipinski definition) is 4. The lowest BCUT2D eigenvalue weighted by Crippen LogP contribution is -2.16. The Kier molecular flexibility index (Phi) is 6.68. The van der Waals surface area contributed by atoms with E-state index in [1.165, 1.54) is 0 Å². The Morgan fingerprint density at radius 1 is 0.897 bits per heavy atom. The zero-order valence-corrected chi connectivity index (χ0v) is 17.0. The molecule has 0 fully saturated rings. The van der Waals surface area contributed by atoms with Gasteiger partial charge in [0, 0.05) is 10.6 Å². The van der Waals surface area contributed by atoms with Gasteiger partial charge in [0.15, 0.2) is 6.61 Å². The first-order valence-corrected chi connectivity index (χ1v) is 9.55. The molecule has 0 saturated heterocycles. The highest BCUT2D eigenvalue weighted by atomic mass is 35.5. The van der Waals surface area contributed by atoms with E-state index in [0.29, 0.717) is 16.3 Å². The summed E-state index contributed by atoms with van der Waals surface area (Å²) < 4.78 is 11.0. The van der Waals surface area contributed by atoms with Crippen molar-refractivity contribution in [1.29, 1.82) is 0 Å². The van der Waals surface area contributed by atoms with Crippen molar-refractivity contribution in [2.75, 3.05) is 6.61 Å². The lowest BCUT2D eigenvalue weighted by Gasteiger charge is -2.12. The summed E-state index contributed by atoms with van der Waals surface area (Å²) in [5.74, 6) is -0.443. The molecule has 3 rings (SSSR count). The first-order chi connectivity index (χ1) is 13.9. The number of ketones is 1. The molecule has 148 valence electrons. The van der Waals surface area contributed by atoms with E-state index in [0.717, 1.165) is 16.7 Å². The first kappa shape index (κ1) is 20.6. The van der Waals surface area contributed by atoms with Crippen LogP contribution in [0, 0.1) is 13.8 Å². The van der Waals surface area contributed by atoms with Gasteiger partial charge in [-0.3, -0.25) is 4.79 Å². The molecule has 0 aliphatic carbocycles. The van der Waals surface area contributed by atoms with Gasteiger partial charge in [0.25, 0.3) is 0 Å².